The Balaban J connectivity index is 1.97. The van der Waals surface area contributed by atoms with E-state index in [1.54, 1.807) is 30.0 Å². The molecule has 0 aliphatic heterocycles. The third kappa shape index (κ3) is 4.06. The average Bonchev–Trinajstić information content (AvgIpc) is 2.52. The Hall–Kier alpha value is -1.85. The number of carbonyl (C=O) groups excluding carboxylic acids is 2. The number of hydrogen-bond donors (Lipinski definition) is 0. The molecule has 1 heterocycles. The number of thioether (sulfide) groups is 1. The van der Waals surface area contributed by atoms with Crippen LogP contribution in [0.4, 0.5) is 0 Å². The molecule has 21 heavy (non-hydrogen) atoms. The van der Waals surface area contributed by atoms with Crippen LogP contribution in [0.2, 0.25) is 5.15 Å². The Morgan fingerprint density at radius 2 is 1.95 bits per heavy atom. The summed E-state index contributed by atoms with van der Waals surface area (Å²) in [4.78, 5) is 28.6. The van der Waals surface area contributed by atoms with Crippen molar-refractivity contribution in [2.75, 3.05) is 12.9 Å². The molecule has 0 aliphatic carbocycles. The van der Waals surface area contributed by atoms with E-state index in [0.29, 0.717) is 5.56 Å². The van der Waals surface area contributed by atoms with Gasteiger partial charge >= 0.3 is 5.97 Å². The third-order valence-corrected chi connectivity index (χ3v) is 3.77. The highest BCUT2D eigenvalue weighted by molar-refractivity contribution is 7.98. The number of ether oxygens (including phenoxy) is 1. The molecule has 1 aromatic heterocycles. The van der Waals surface area contributed by atoms with Gasteiger partial charge in [0.15, 0.2) is 12.4 Å². The molecule has 0 saturated heterocycles. The summed E-state index contributed by atoms with van der Waals surface area (Å²) in [6.07, 6.45) is 3.42. The van der Waals surface area contributed by atoms with Crippen molar-refractivity contribution in [2.45, 2.75) is 4.90 Å². The molecule has 0 amide bonds. The number of ketones is 1. The van der Waals surface area contributed by atoms with Crippen molar-refractivity contribution in [3.05, 3.63) is 58.9 Å². The van der Waals surface area contributed by atoms with Gasteiger partial charge in [-0.3, -0.25) is 4.79 Å². The topological polar surface area (TPSA) is 56.3 Å². The van der Waals surface area contributed by atoms with Gasteiger partial charge in [-0.25, -0.2) is 9.78 Å². The van der Waals surface area contributed by atoms with Crippen molar-refractivity contribution in [1.82, 2.24) is 4.98 Å². The molecule has 0 atom stereocenters. The second-order valence-electron chi connectivity index (χ2n) is 4.07. The predicted molar refractivity (Wildman–Crippen MR) is 82.1 cm³/mol. The number of nitrogens with zero attached hydrogens (tertiary/aromatic N) is 1. The molecule has 0 radical (unpaired) electrons. The summed E-state index contributed by atoms with van der Waals surface area (Å²) < 4.78 is 4.96. The average molecular weight is 322 g/mol. The van der Waals surface area contributed by atoms with E-state index < -0.39 is 5.97 Å². The van der Waals surface area contributed by atoms with Gasteiger partial charge in [0, 0.05) is 16.7 Å². The lowest BCUT2D eigenvalue weighted by Gasteiger charge is -2.05. The fourth-order valence-electron chi connectivity index (χ4n) is 1.61. The summed E-state index contributed by atoms with van der Waals surface area (Å²) in [5.41, 5.74) is 0.641. The van der Waals surface area contributed by atoms with Gasteiger partial charge in [0.25, 0.3) is 0 Å². The van der Waals surface area contributed by atoms with Crippen LogP contribution in [0.1, 0.15) is 20.7 Å². The van der Waals surface area contributed by atoms with E-state index in [2.05, 4.69) is 4.98 Å². The number of hydrogen-bond acceptors (Lipinski definition) is 5. The van der Waals surface area contributed by atoms with E-state index in [0.717, 1.165) is 4.90 Å². The minimum Gasteiger partial charge on any atom is -0.454 e. The maximum atomic E-state index is 11.9. The number of carbonyl (C=O) groups is 2. The lowest BCUT2D eigenvalue weighted by molar-refractivity contribution is 0.0474. The molecular formula is C15H12ClNO3S. The Labute approximate surface area is 131 Å². The lowest BCUT2D eigenvalue weighted by atomic mass is 10.1. The number of benzene rings is 1. The molecule has 0 saturated carbocycles. The molecule has 0 bridgehead atoms. The molecule has 0 spiro atoms. The van der Waals surface area contributed by atoms with Crippen LogP contribution >= 0.6 is 23.4 Å². The third-order valence-electron chi connectivity index (χ3n) is 2.73. The first-order valence-corrected chi connectivity index (χ1v) is 7.67. The van der Waals surface area contributed by atoms with Gasteiger partial charge in [-0.1, -0.05) is 23.7 Å². The zero-order valence-electron chi connectivity index (χ0n) is 11.2. The fourth-order valence-corrected chi connectivity index (χ4v) is 2.21. The van der Waals surface area contributed by atoms with Gasteiger partial charge in [-0.2, -0.15) is 0 Å². The van der Waals surface area contributed by atoms with Crippen molar-refractivity contribution in [3.63, 3.8) is 0 Å². The highest BCUT2D eigenvalue weighted by Gasteiger charge is 2.14. The van der Waals surface area contributed by atoms with Crippen LogP contribution in [0.15, 0.2) is 47.5 Å². The van der Waals surface area contributed by atoms with Gasteiger partial charge in [-0.15, -0.1) is 11.8 Å². The van der Waals surface area contributed by atoms with E-state index in [9.17, 15) is 9.59 Å². The monoisotopic (exact) mass is 321 g/mol. The predicted octanol–water partition coefficient (Wildman–Crippen LogP) is 3.50. The molecule has 1 aromatic carbocycles. The zero-order chi connectivity index (χ0) is 15.2. The van der Waals surface area contributed by atoms with Crippen molar-refractivity contribution < 1.29 is 14.3 Å². The lowest BCUT2D eigenvalue weighted by Crippen LogP contribution is -2.14. The van der Waals surface area contributed by atoms with Crippen LogP contribution in [0.25, 0.3) is 0 Å². The van der Waals surface area contributed by atoms with E-state index in [-0.39, 0.29) is 23.1 Å². The van der Waals surface area contributed by atoms with Crippen LogP contribution in [-0.2, 0) is 4.74 Å². The van der Waals surface area contributed by atoms with Gasteiger partial charge in [0.1, 0.15) is 5.15 Å². The molecule has 2 aromatic rings. The molecule has 0 N–H and O–H groups in total. The summed E-state index contributed by atoms with van der Waals surface area (Å²) in [6, 6.07) is 10.2. The van der Waals surface area contributed by atoms with E-state index in [1.165, 1.54) is 12.3 Å². The highest BCUT2D eigenvalue weighted by Crippen LogP contribution is 2.16. The number of pyridine rings is 1. The zero-order valence-corrected chi connectivity index (χ0v) is 12.8. The first kappa shape index (κ1) is 15.5. The van der Waals surface area contributed by atoms with Crippen LogP contribution < -0.4 is 0 Å². The number of halogens is 1. The number of aromatic nitrogens is 1. The quantitative estimate of drug-likeness (QED) is 0.365. The first-order valence-electron chi connectivity index (χ1n) is 6.06. The van der Waals surface area contributed by atoms with E-state index >= 15 is 0 Å². The minimum absolute atomic E-state index is 0.0549. The van der Waals surface area contributed by atoms with E-state index in [1.807, 2.05) is 18.4 Å². The van der Waals surface area contributed by atoms with Crippen LogP contribution in [0.5, 0.6) is 0 Å². The van der Waals surface area contributed by atoms with Gasteiger partial charge in [0.2, 0.25) is 0 Å². The largest absolute Gasteiger partial charge is 0.454 e. The minimum atomic E-state index is -0.665. The molecule has 108 valence electrons. The Bertz CT molecular complexity index is 658. The smallest absolute Gasteiger partial charge is 0.341 e. The Morgan fingerprint density at radius 1 is 1.24 bits per heavy atom. The fraction of sp³-hybridized carbons (Fsp3) is 0.133. The highest BCUT2D eigenvalue weighted by atomic mass is 35.5. The molecule has 6 heteroatoms. The molecule has 0 aliphatic rings. The number of rotatable bonds is 5. The second kappa shape index (κ2) is 7.24. The maximum absolute atomic E-state index is 11.9. The molecule has 4 nitrogen and oxygen atoms in total. The normalized spacial score (nSPS) is 10.2. The summed E-state index contributed by atoms with van der Waals surface area (Å²) >= 11 is 7.37. The van der Waals surface area contributed by atoms with Gasteiger partial charge in [-0.05, 0) is 30.5 Å². The van der Waals surface area contributed by atoms with Crippen LogP contribution in [-0.4, -0.2) is 29.6 Å². The Kier molecular flexibility index (Phi) is 5.36. The van der Waals surface area contributed by atoms with Crippen molar-refractivity contribution in [1.29, 1.82) is 0 Å². The van der Waals surface area contributed by atoms with Gasteiger partial charge in [0.05, 0.1) is 5.56 Å². The maximum Gasteiger partial charge on any atom is 0.341 e. The standard InChI is InChI=1S/C15H12ClNO3S/c1-21-11-6-4-10(5-7-11)13(18)9-20-15(19)12-3-2-8-17-14(12)16/h2-8H,9H2,1H3. The van der Waals surface area contributed by atoms with Crippen molar-refractivity contribution >= 4 is 35.1 Å². The summed E-state index contributed by atoms with van der Waals surface area (Å²) in [5, 5.41) is 0.0549. The molecule has 0 unspecified atom stereocenters. The SMILES string of the molecule is CSc1ccc(C(=O)COC(=O)c2cccnc2Cl)cc1. The van der Waals surface area contributed by atoms with E-state index in [4.69, 9.17) is 16.3 Å². The summed E-state index contributed by atoms with van der Waals surface area (Å²) in [7, 11) is 0. The Morgan fingerprint density at radius 3 is 2.57 bits per heavy atom. The van der Waals surface area contributed by atoms with Crippen molar-refractivity contribution in [3.8, 4) is 0 Å². The molecule has 0 fully saturated rings. The number of Topliss-reactive ketones (excluding diaryl/α,β-unsaturated/α-hetero) is 1. The van der Waals surface area contributed by atoms with Crippen LogP contribution in [0, 0.1) is 0 Å². The second-order valence-corrected chi connectivity index (χ2v) is 5.31. The molecular weight excluding hydrogens is 310 g/mol. The van der Waals surface area contributed by atoms with Gasteiger partial charge < -0.3 is 4.74 Å². The summed E-state index contributed by atoms with van der Waals surface area (Å²) in [5.74, 6) is -0.932. The first-order chi connectivity index (χ1) is 10.1. The molecule has 2 rings (SSSR count). The van der Waals surface area contributed by atoms with Crippen LogP contribution in [0.3, 0.4) is 0 Å². The van der Waals surface area contributed by atoms with Crippen molar-refractivity contribution in [2.24, 2.45) is 0 Å². The summed E-state index contributed by atoms with van der Waals surface area (Å²) in [6.45, 7) is -0.331. The number of esters is 1.